The molecule has 0 radical (unpaired) electrons. The Morgan fingerprint density at radius 1 is 1.15 bits per heavy atom. The third-order valence-electron chi connectivity index (χ3n) is 4.11. The molecule has 1 aromatic heterocycles. The van der Waals surface area contributed by atoms with Crippen molar-refractivity contribution < 1.29 is 14.2 Å². The lowest BCUT2D eigenvalue weighted by atomic mass is 10.2. The van der Waals surface area contributed by atoms with Gasteiger partial charge in [0, 0.05) is 0 Å². The monoisotopic (exact) mass is 370 g/mol. The molecule has 1 saturated heterocycles. The Kier molecular flexibility index (Phi) is 4.92. The van der Waals surface area contributed by atoms with E-state index in [-0.39, 0.29) is 11.8 Å². The quantitative estimate of drug-likeness (QED) is 0.508. The van der Waals surface area contributed by atoms with Gasteiger partial charge in [-0.25, -0.2) is 4.98 Å². The summed E-state index contributed by atoms with van der Waals surface area (Å²) in [7, 11) is 1.61. The number of para-hydroxylation sites is 1. The lowest BCUT2D eigenvalue weighted by Gasteiger charge is -2.15. The molecule has 0 atom stereocenters. The second-order valence-electron chi connectivity index (χ2n) is 5.73. The van der Waals surface area contributed by atoms with Crippen molar-refractivity contribution >= 4 is 22.7 Å². The number of fused-ring (bicyclic) bond motifs is 1. The Balaban J connectivity index is 1.79. The van der Waals surface area contributed by atoms with Crippen LogP contribution in [-0.2, 0) is 9.47 Å². The maximum absolute atomic E-state index is 13.1. The van der Waals surface area contributed by atoms with Gasteiger partial charge in [-0.1, -0.05) is 23.9 Å². The van der Waals surface area contributed by atoms with Crippen LogP contribution in [0.4, 0.5) is 0 Å². The van der Waals surface area contributed by atoms with E-state index in [1.807, 2.05) is 42.5 Å². The van der Waals surface area contributed by atoms with Gasteiger partial charge in [0.2, 0.25) is 0 Å². The molecule has 1 fully saturated rings. The van der Waals surface area contributed by atoms with Gasteiger partial charge < -0.3 is 14.2 Å². The number of hydrogen-bond acceptors (Lipinski definition) is 6. The first-order valence-corrected chi connectivity index (χ1v) is 9.27. The summed E-state index contributed by atoms with van der Waals surface area (Å²) >= 11 is 1.45. The molecule has 3 aromatic rings. The molecule has 2 heterocycles. The van der Waals surface area contributed by atoms with Crippen LogP contribution in [0, 0.1) is 0 Å². The summed E-state index contributed by atoms with van der Waals surface area (Å²) in [5.41, 5.74) is 1.32. The summed E-state index contributed by atoms with van der Waals surface area (Å²) in [4.78, 5) is 17.8. The highest BCUT2D eigenvalue weighted by Gasteiger charge is 2.19. The highest BCUT2D eigenvalue weighted by atomic mass is 32.2. The lowest BCUT2D eigenvalue weighted by Crippen LogP contribution is -2.22. The van der Waals surface area contributed by atoms with Crippen LogP contribution in [0.5, 0.6) is 5.75 Å². The van der Waals surface area contributed by atoms with Crippen molar-refractivity contribution in [2.75, 3.05) is 26.1 Å². The largest absolute Gasteiger partial charge is 0.497 e. The molecular formula is C19H18N2O4S. The van der Waals surface area contributed by atoms with Crippen molar-refractivity contribution in [3.63, 3.8) is 0 Å². The van der Waals surface area contributed by atoms with Gasteiger partial charge in [0.05, 0.1) is 42.7 Å². The van der Waals surface area contributed by atoms with Crippen molar-refractivity contribution in [3.8, 4) is 11.4 Å². The lowest BCUT2D eigenvalue weighted by molar-refractivity contribution is -0.0215. The molecule has 2 aromatic carbocycles. The fourth-order valence-corrected chi connectivity index (χ4v) is 3.77. The Hall–Kier alpha value is -2.35. The molecular weight excluding hydrogens is 352 g/mol. The van der Waals surface area contributed by atoms with Crippen LogP contribution < -0.4 is 10.3 Å². The molecule has 7 heteroatoms. The van der Waals surface area contributed by atoms with Crippen molar-refractivity contribution in [1.29, 1.82) is 0 Å². The van der Waals surface area contributed by atoms with E-state index < -0.39 is 0 Å². The van der Waals surface area contributed by atoms with Crippen LogP contribution in [-0.4, -0.2) is 41.9 Å². The van der Waals surface area contributed by atoms with Crippen LogP contribution in [0.3, 0.4) is 0 Å². The maximum Gasteiger partial charge on any atom is 0.266 e. The van der Waals surface area contributed by atoms with E-state index >= 15 is 0 Å². The van der Waals surface area contributed by atoms with E-state index in [0.717, 1.165) is 11.4 Å². The molecule has 0 bridgehead atoms. The zero-order chi connectivity index (χ0) is 17.9. The summed E-state index contributed by atoms with van der Waals surface area (Å²) in [6, 6.07) is 14.7. The first-order chi connectivity index (χ1) is 12.8. The van der Waals surface area contributed by atoms with Gasteiger partial charge in [-0.3, -0.25) is 9.36 Å². The average molecular weight is 370 g/mol. The van der Waals surface area contributed by atoms with Gasteiger partial charge in [0.1, 0.15) is 5.75 Å². The Morgan fingerprint density at radius 3 is 2.62 bits per heavy atom. The summed E-state index contributed by atoms with van der Waals surface area (Å²) in [6.45, 7) is 1.20. The van der Waals surface area contributed by atoms with E-state index in [2.05, 4.69) is 0 Å². The third kappa shape index (κ3) is 3.33. The van der Waals surface area contributed by atoms with Crippen LogP contribution in [0.25, 0.3) is 16.6 Å². The third-order valence-corrected chi connectivity index (χ3v) is 5.09. The number of nitrogens with zero attached hydrogens (tertiary/aromatic N) is 2. The summed E-state index contributed by atoms with van der Waals surface area (Å²) < 4.78 is 17.8. The van der Waals surface area contributed by atoms with Gasteiger partial charge in [-0.05, 0) is 36.4 Å². The van der Waals surface area contributed by atoms with E-state index in [1.165, 1.54) is 11.8 Å². The number of rotatable bonds is 5. The second kappa shape index (κ2) is 7.49. The van der Waals surface area contributed by atoms with Gasteiger partial charge >= 0.3 is 0 Å². The molecule has 0 saturated carbocycles. The van der Waals surface area contributed by atoms with Gasteiger partial charge in [0.25, 0.3) is 5.56 Å². The van der Waals surface area contributed by atoms with Gasteiger partial charge in [0.15, 0.2) is 11.4 Å². The number of methoxy groups -OCH3 is 1. The summed E-state index contributed by atoms with van der Waals surface area (Å²) in [6.07, 6.45) is -0.271. The number of benzene rings is 2. The minimum absolute atomic E-state index is 0.100. The molecule has 0 spiro atoms. The zero-order valence-electron chi connectivity index (χ0n) is 14.3. The minimum atomic E-state index is -0.271. The second-order valence-corrected chi connectivity index (χ2v) is 6.72. The molecule has 4 rings (SSSR count). The molecule has 1 aliphatic heterocycles. The smallest absolute Gasteiger partial charge is 0.266 e. The fourth-order valence-electron chi connectivity index (χ4n) is 2.81. The van der Waals surface area contributed by atoms with Crippen LogP contribution in [0.1, 0.15) is 0 Å². The standard InChI is InChI=1S/C19H18N2O4S/c1-23-14-8-6-13(7-9-14)21-18(22)15-4-2-3-5-16(15)20-19(21)26-12-17-24-10-11-25-17/h2-9,17H,10-12H2,1H3. The molecule has 0 aliphatic carbocycles. The SMILES string of the molecule is COc1ccc(-n2c(SCC3OCCO3)nc3ccccc3c2=O)cc1. The van der Waals surface area contributed by atoms with Crippen molar-refractivity contribution in [1.82, 2.24) is 9.55 Å². The summed E-state index contributed by atoms with van der Waals surface area (Å²) in [5.74, 6) is 1.30. The fraction of sp³-hybridized carbons (Fsp3) is 0.263. The molecule has 134 valence electrons. The highest BCUT2D eigenvalue weighted by molar-refractivity contribution is 7.99. The molecule has 0 N–H and O–H groups in total. The Labute approximate surface area is 154 Å². The highest BCUT2D eigenvalue weighted by Crippen LogP contribution is 2.24. The van der Waals surface area contributed by atoms with Crippen LogP contribution in [0.2, 0.25) is 0 Å². The topological polar surface area (TPSA) is 62.6 Å². The van der Waals surface area contributed by atoms with E-state index in [0.29, 0.717) is 35.0 Å². The van der Waals surface area contributed by atoms with Crippen LogP contribution >= 0.6 is 11.8 Å². The number of thioether (sulfide) groups is 1. The van der Waals surface area contributed by atoms with Crippen molar-refractivity contribution in [2.45, 2.75) is 11.4 Å². The molecule has 0 unspecified atom stereocenters. The normalized spacial score (nSPS) is 14.8. The number of ether oxygens (including phenoxy) is 3. The van der Waals surface area contributed by atoms with Crippen molar-refractivity contribution in [2.24, 2.45) is 0 Å². The number of aromatic nitrogens is 2. The molecule has 6 nitrogen and oxygen atoms in total. The maximum atomic E-state index is 13.1. The van der Waals surface area contributed by atoms with Gasteiger partial charge in [-0.2, -0.15) is 0 Å². The molecule has 26 heavy (non-hydrogen) atoms. The van der Waals surface area contributed by atoms with E-state index in [4.69, 9.17) is 19.2 Å². The Bertz CT molecular complexity index is 965. The predicted octanol–water partition coefficient (Wildman–Crippen LogP) is 2.86. The Morgan fingerprint density at radius 2 is 1.88 bits per heavy atom. The van der Waals surface area contributed by atoms with Crippen molar-refractivity contribution in [3.05, 3.63) is 58.9 Å². The summed E-state index contributed by atoms with van der Waals surface area (Å²) in [5, 5.41) is 1.19. The molecule has 1 aliphatic rings. The number of hydrogen-bond donors (Lipinski definition) is 0. The van der Waals surface area contributed by atoms with E-state index in [9.17, 15) is 4.79 Å². The van der Waals surface area contributed by atoms with E-state index in [1.54, 1.807) is 17.7 Å². The first-order valence-electron chi connectivity index (χ1n) is 8.28. The average Bonchev–Trinajstić information content (AvgIpc) is 3.20. The minimum Gasteiger partial charge on any atom is -0.497 e. The molecule has 0 amide bonds. The van der Waals surface area contributed by atoms with Gasteiger partial charge in [-0.15, -0.1) is 0 Å². The first kappa shape index (κ1) is 17.1. The zero-order valence-corrected chi connectivity index (χ0v) is 15.1. The van der Waals surface area contributed by atoms with Crippen LogP contribution in [0.15, 0.2) is 58.5 Å². The predicted molar refractivity (Wildman–Crippen MR) is 100 cm³/mol.